The van der Waals surface area contributed by atoms with Gasteiger partial charge in [-0.1, -0.05) is 48.5 Å². The van der Waals surface area contributed by atoms with Crippen LogP contribution in [0.3, 0.4) is 0 Å². The van der Waals surface area contributed by atoms with Gasteiger partial charge in [0.25, 0.3) is 5.91 Å². The second kappa shape index (κ2) is 11.1. The van der Waals surface area contributed by atoms with Gasteiger partial charge in [-0.3, -0.25) is 4.79 Å². The predicted octanol–water partition coefficient (Wildman–Crippen LogP) is 4.94. The first-order valence-electron chi connectivity index (χ1n) is 12.2. The van der Waals surface area contributed by atoms with Gasteiger partial charge in [0.05, 0.1) is 36.4 Å². The molecule has 1 amide bonds. The van der Waals surface area contributed by atoms with Gasteiger partial charge >= 0.3 is 0 Å². The van der Waals surface area contributed by atoms with Crippen molar-refractivity contribution in [3.05, 3.63) is 89.7 Å². The zero-order chi connectivity index (χ0) is 24.7. The summed E-state index contributed by atoms with van der Waals surface area (Å²) in [5.41, 5.74) is 4.09. The highest BCUT2D eigenvalue weighted by Gasteiger charge is 2.24. The lowest BCUT2D eigenvalue weighted by Gasteiger charge is -2.27. The molecule has 0 aliphatic carbocycles. The number of H-pyrrole nitrogens is 1. The van der Waals surface area contributed by atoms with Gasteiger partial charge < -0.3 is 24.1 Å². The largest absolute Gasteiger partial charge is 0.490 e. The maximum Gasteiger partial charge on any atom is 0.257 e. The van der Waals surface area contributed by atoms with E-state index in [9.17, 15) is 4.79 Å². The highest BCUT2D eigenvalue weighted by molar-refractivity contribution is 6.23. The highest BCUT2D eigenvalue weighted by Crippen LogP contribution is 2.31. The van der Waals surface area contributed by atoms with Crippen molar-refractivity contribution in [2.24, 2.45) is 0 Å². The van der Waals surface area contributed by atoms with E-state index in [0.717, 1.165) is 22.2 Å². The maximum atomic E-state index is 13.6. The standard InChI is InChI=1S/C29H29N3O4/c1-2-35-27-19-22(12-13-26(27)36-20-21-8-4-3-5-9-21)18-23(29(33)32-14-16-34-17-15-32)28-30-24-10-6-7-11-25(24)31-28/h3-13,18-19H,2,14-17,20H2,1H3,(H,30,31). The van der Waals surface area contributed by atoms with Crippen LogP contribution in [0.5, 0.6) is 11.5 Å². The number of nitrogens with zero attached hydrogens (tertiary/aromatic N) is 2. The van der Waals surface area contributed by atoms with Crippen LogP contribution in [0.15, 0.2) is 72.8 Å². The van der Waals surface area contributed by atoms with Gasteiger partial charge in [-0.15, -0.1) is 0 Å². The summed E-state index contributed by atoms with van der Waals surface area (Å²) >= 11 is 0. The lowest BCUT2D eigenvalue weighted by Crippen LogP contribution is -2.41. The second-order valence-corrected chi connectivity index (χ2v) is 8.48. The Bertz CT molecular complexity index is 1320. The summed E-state index contributed by atoms with van der Waals surface area (Å²) in [6.45, 7) is 5.03. The Morgan fingerprint density at radius 2 is 1.78 bits per heavy atom. The first kappa shape index (κ1) is 23.6. The van der Waals surface area contributed by atoms with Gasteiger partial charge in [0.1, 0.15) is 12.4 Å². The number of morpholine rings is 1. The van der Waals surface area contributed by atoms with Crippen LogP contribution < -0.4 is 9.47 Å². The van der Waals surface area contributed by atoms with E-state index in [0.29, 0.717) is 62.4 Å². The molecule has 0 spiro atoms. The normalized spacial score (nSPS) is 14.1. The first-order valence-corrected chi connectivity index (χ1v) is 12.2. The average Bonchev–Trinajstić information content (AvgIpc) is 3.36. The van der Waals surface area contributed by atoms with Gasteiger partial charge in [0.2, 0.25) is 0 Å². The lowest BCUT2D eigenvalue weighted by molar-refractivity contribution is -0.128. The number of amides is 1. The van der Waals surface area contributed by atoms with E-state index in [1.54, 1.807) is 0 Å². The fourth-order valence-electron chi connectivity index (χ4n) is 4.15. The lowest BCUT2D eigenvalue weighted by atomic mass is 10.1. The summed E-state index contributed by atoms with van der Waals surface area (Å²) in [6.07, 6.45) is 1.86. The molecule has 1 aliphatic heterocycles. The minimum atomic E-state index is -0.0836. The van der Waals surface area contributed by atoms with Crippen molar-refractivity contribution < 1.29 is 19.0 Å². The predicted molar refractivity (Wildman–Crippen MR) is 140 cm³/mol. The van der Waals surface area contributed by atoms with Crippen molar-refractivity contribution in [1.29, 1.82) is 0 Å². The molecule has 1 saturated heterocycles. The second-order valence-electron chi connectivity index (χ2n) is 8.48. The molecule has 1 fully saturated rings. The minimum absolute atomic E-state index is 0.0836. The monoisotopic (exact) mass is 483 g/mol. The Balaban J connectivity index is 1.49. The number of hydrogen-bond acceptors (Lipinski definition) is 5. The van der Waals surface area contributed by atoms with E-state index >= 15 is 0 Å². The molecular formula is C29H29N3O4. The number of hydrogen-bond donors (Lipinski definition) is 1. The van der Waals surface area contributed by atoms with Crippen LogP contribution in [0.2, 0.25) is 0 Å². The Kier molecular flexibility index (Phi) is 7.28. The number of imidazole rings is 1. The molecule has 7 heteroatoms. The van der Waals surface area contributed by atoms with Crippen molar-refractivity contribution in [3.8, 4) is 11.5 Å². The van der Waals surface area contributed by atoms with E-state index in [2.05, 4.69) is 4.98 Å². The summed E-state index contributed by atoms with van der Waals surface area (Å²) < 4.78 is 17.4. The van der Waals surface area contributed by atoms with E-state index in [1.165, 1.54) is 0 Å². The molecule has 36 heavy (non-hydrogen) atoms. The topological polar surface area (TPSA) is 76.7 Å². The molecule has 2 heterocycles. The molecule has 4 aromatic rings. The van der Waals surface area contributed by atoms with E-state index < -0.39 is 0 Å². The van der Waals surface area contributed by atoms with Crippen LogP contribution in [-0.2, 0) is 16.1 Å². The molecule has 0 saturated carbocycles. The number of aromatic nitrogens is 2. The zero-order valence-corrected chi connectivity index (χ0v) is 20.3. The van der Waals surface area contributed by atoms with Crippen LogP contribution in [0.4, 0.5) is 0 Å². The van der Waals surface area contributed by atoms with Gasteiger partial charge in [-0.2, -0.15) is 0 Å². The molecule has 0 radical (unpaired) electrons. The van der Waals surface area contributed by atoms with Crippen LogP contribution in [0, 0.1) is 0 Å². The average molecular weight is 484 g/mol. The fraction of sp³-hybridized carbons (Fsp3) is 0.241. The molecule has 0 bridgehead atoms. The SMILES string of the molecule is CCOc1cc(C=C(C(=O)N2CCOCC2)c2nc3ccccc3[nH]2)ccc1OCc1ccccc1. The molecule has 0 atom stereocenters. The van der Waals surface area contributed by atoms with E-state index in [1.807, 2.05) is 90.7 Å². The molecule has 184 valence electrons. The zero-order valence-electron chi connectivity index (χ0n) is 20.3. The van der Waals surface area contributed by atoms with E-state index in [4.69, 9.17) is 19.2 Å². The number of nitrogens with one attached hydrogen (secondary N) is 1. The molecule has 1 aromatic heterocycles. The first-order chi connectivity index (χ1) is 17.7. The third-order valence-corrected chi connectivity index (χ3v) is 5.99. The quantitative estimate of drug-likeness (QED) is 0.359. The fourth-order valence-corrected chi connectivity index (χ4v) is 4.15. The maximum absolute atomic E-state index is 13.6. The van der Waals surface area contributed by atoms with Gasteiger partial charge in [0.15, 0.2) is 11.5 Å². The van der Waals surface area contributed by atoms with Crippen molar-refractivity contribution in [1.82, 2.24) is 14.9 Å². The number of carbonyl (C=O) groups is 1. The third-order valence-electron chi connectivity index (χ3n) is 5.99. The Hall–Kier alpha value is -4.10. The van der Waals surface area contributed by atoms with Gasteiger partial charge in [0, 0.05) is 13.1 Å². The molecule has 1 aliphatic rings. The van der Waals surface area contributed by atoms with Crippen LogP contribution in [0.1, 0.15) is 23.9 Å². The molecule has 1 N–H and O–H groups in total. The molecule has 5 rings (SSSR count). The van der Waals surface area contributed by atoms with Crippen molar-refractivity contribution >= 4 is 28.6 Å². The molecule has 0 unspecified atom stereocenters. The Labute approximate surface area is 210 Å². The number of aromatic amines is 1. The summed E-state index contributed by atoms with van der Waals surface area (Å²) in [5, 5.41) is 0. The Morgan fingerprint density at radius 3 is 2.56 bits per heavy atom. The molecule has 3 aromatic carbocycles. The van der Waals surface area contributed by atoms with E-state index in [-0.39, 0.29) is 5.91 Å². The van der Waals surface area contributed by atoms with Crippen LogP contribution in [0.25, 0.3) is 22.7 Å². The van der Waals surface area contributed by atoms with Crippen LogP contribution >= 0.6 is 0 Å². The summed E-state index contributed by atoms with van der Waals surface area (Å²) in [4.78, 5) is 23.4. The third kappa shape index (κ3) is 5.42. The summed E-state index contributed by atoms with van der Waals surface area (Å²) in [6, 6.07) is 23.5. The number of benzene rings is 3. The molecule has 7 nitrogen and oxygen atoms in total. The number of fused-ring (bicyclic) bond motifs is 1. The number of ether oxygens (including phenoxy) is 3. The molecular weight excluding hydrogens is 454 g/mol. The smallest absolute Gasteiger partial charge is 0.257 e. The van der Waals surface area contributed by atoms with Gasteiger partial charge in [-0.25, -0.2) is 4.98 Å². The van der Waals surface area contributed by atoms with Gasteiger partial charge in [-0.05, 0) is 48.4 Å². The summed E-state index contributed by atoms with van der Waals surface area (Å²) in [5.74, 6) is 1.74. The number of carbonyl (C=O) groups excluding carboxylic acids is 1. The van der Waals surface area contributed by atoms with Crippen LogP contribution in [-0.4, -0.2) is 53.7 Å². The van der Waals surface area contributed by atoms with Crippen molar-refractivity contribution in [2.45, 2.75) is 13.5 Å². The number of para-hydroxylation sites is 2. The number of rotatable bonds is 8. The highest BCUT2D eigenvalue weighted by atomic mass is 16.5. The Morgan fingerprint density at radius 1 is 1.00 bits per heavy atom. The summed E-state index contributed by atoms with van der Waals surface area (Å²) in [7, 11) is 0. The minimum Gasteiger partial charge on any atom is -0.490 e. The van der Waals surface area contributed by atoms with Crippen molar-refractivity contribution in [2.75, 3.05) is 32.9 Å². The van der Waals surface area contributed by atoms with Crippen molar-refractivity contribution in [3.63, 3.8) is 0 Å².